The Hall–Kier alpha value is -1.10. The summed E-state index contributed by atoms with van der Waals surface area (Å²) in [6.45, 7) is 8.36. The zero-order chi connectivity index (χ0) is 14.6. The highest BCUT2D eigenvalue weighted by Gasteiger charge is 1.96. The molecule has 1 aromatic carbocycles. The van der Waals surface area contributed by atoms with Crippen LogP contribution in [0.5, 0.6) is 5.75 Å². The van der Waals surface area contributed by atoms with E-state index in [0.29, 0.717) is 32.3 Å². The molecule has 1 aromatic rings. The maximum Gasteiger partial charge on any atom is 0.119 e. The number of ether oxygens (including phenoxy) is 3. The van der Waals surface area contributed by atoms with Gasteiger partial charge in [0.1, 0.15) is 12.4 Å². The Morgan fingerprint density at radius 1 is 0.950 bits per heavy atom. The Morgan fingerprint density at radius 3 is 2.25 bits per heavy atom. The molecule has 0 atom stereocenters. The van der Waals surface area contributed by atoms with E-state index in [4.69, 9.17) is 14.2 Å². The first-order valence-electron chi connectivity index (χ1n) is 7.24. The van der Waals surface area contributed by atoms with Crippen molar-refractivity contribution in [2.75, 3.05) is 40.1 Å². The van der Waals surface area contributed by atoms with Crippen LogP contribution in [-0.2, 0) is 16.0 Å². The van der Waals surface area contributed by atoms with Crippen LogP contribution < -0.4 is 10.1 Å². The third-order valence-corrected chi connectivity index (χ3v) is 2.62. The highest BCUT2D eigenvalue weighted by atomic mass is 16.5. The molecule has 1 rings (SSSR count). The lowest BCUT2D eigenvalue weighted by atomic mass is 10.2. The highest BCUT2D eigenvalue weighted by molar-refractivity contribution is 5.27. The molecule has 114 valence electrons. The summed E-state index contributed by atoms with van der Waals surface area (Å²) in [6, 6.07) is 8.09. The minimum absolute atomic E-state index is 0.565. The maximum atomic E-state index is 5.60. The minimum atomic E-state index is 0.565. The third-order valence-electron chi connectivity index (χ3n) is 2.62. The molecule has 0 aliphatic carbocycles. The molecule has 0 fully saturated rings. The summed E-state index contributed by atoms with van der Waals surface area (Å²) in [7, 11) is 1.94. The van der Waals surface area contributed by atoms with Crippen molar-refractivity contribution in [2.45, 2.75) is 20.4 Å². The van der Waals surface area contributed by atoms with Crippen LogP contribution in [-0.4, -0.2) is 40.1 Å². The fourth-order valence-electron chi connectivity index (χ4n) is 1.67. The molecule has 0 spiro atoms. The van der Waals surface area contributed by atoms with E-state index in [9.17, 15) is 0 Å². The number of hydrogen-bond donors (Lipinski definition) is 1. The van der Waals surface area contributed by atoms with Crippen molar-refractivity contribution >= 4 is 0 Å². The van der Waals surface area contributed by atoms with E-state index < -0.39 is 0 Å². The third kappa shape index (κ3) is 8.15. The van der Waals surface area contributed by atoms with Gasteiger partial charge < -0.3 is 19.5 Å². The Morgan fingerprint density at radius 2 is 1.60 bits per heavy atom. The Labute approximate surface area is 122 Å². The number of benzene rings is 1. The van der Waals surface area contributed by atoms with Gasteiger partial charge in [0.05, 0.1) is 19.8 Å². The second-order valence-electron chi connectivity index (χ2n) is 5.10. The Balaban J connectivity index is 2.00. The van der Waals surface area contributed by atoms with Gasteiger partial charge in [0.15, 0.2) is 0 Å². The lowest BCUT2D eigenvalue weighted by Crippen LogP contribution is -2.12. The van der Waals surface area contributed by atoms with Gasteiger partial charge in [0.25, 0.3) is 0 Å². The Kier molecular flexibility index (Phi) is 9.04. The number of hydrogen-bond acceptors (Lipinski definition) is 4. The van der Waals surface area contributed by atoms with E-state index >= 15 is 0 Å². The second kappa shape index (κ2) is 10.7. The summed E-state index contributed by atoms with van der Waals surface area (Å²) in [4.78, 5) is 0. The molecule has 0 heterocycles. The van der Waals surface area contributed by atoms with Gasteiger partial charge in [-0.25, -0.2) is 0 Å². The first kappa shape index (κ1) is 17.0. The molecule has 1 N–H and O–H groups in total. The molecule has 0 amide bonds. The van der Waals surface area contributed by atoms with E-state index in [1.165, 1.54) is 5.56 Å². The summed E-state index contributed by atoms with van der Waals surface area (Å²) in [5.74, 6) is 1.45. The van der Waals surface area contributed by atoms with Crippen molar-refractivity contribution in [1.29, 1.82) is 0 Å². The number of nitrogens with one attached hydrogen (secondary N) is 1. The molecule has 4 nitrogen and oxygen atoms in total. The van der Waals surface area contributed by atoms with E-state index in [1.54, 1.807) is 0 Å². The van der Waals surface area contributed by atoms with Gasteiger partial charge in [0.2, 0.25) is 0 Å². The van der Waals surface area contributed by atoms with Crippen LogP contribution >= 0.6 is 0 Å². The molecule has 4 heteroatoms. The first-order valence-corrected chi connectivity index (χ1v) is 7.24. The molecule has 0 saturated carbocycles. The van der Waals surface area contributed by atoms with Crippen molar-refractivity contribution in [3.63, 3.8) is 0 Å². The van der Waals surface area contributed by atoms with Crippen LogP contribution in [0.15, 0.2) is 24.3 Å². The minimum Gasteiger partial charge on any atom is -0.491 e. The van der Waals surface area contributed by atoms with Crippen molar-refractivity contribution in [2.24, 2.45) is 5.92 Å². The normalized spacial score (nSPS) is 11.0. The zero-order valence-corrected chi connectivity index (χ0v) is 12.9. The van der Waals surface area contributed by atoms with Crippen LogP contribution in [0, 0.1) is 5.92 Å². The fraction of sp³-hybridized carbons (Fsp3) is 0.625. The number of rotatable bonds is 11. The lowest BCUT2D eigenvalue weighted by Gasteiger charge is -2.09. The molecule has 0 bridgehead atoms. The summed E-state index contributed by atoms with van der Waals surface area (Å²) in [6.07, 6.45) is 0. The van der Waals surface area contributed by atoms with Gasteiger partial charge in [-0.1, -0.05) is 26.0 Å². The molecule has 20 heavy (non-hydrogen) atoms. The van der Waals surface area contributed by atoms with E-state index in [2.05, 4.69) is 31.3 Å². The van der Waals surface area contributed by atoms with E-state index in [-0.39, 0.29) is 0 Å². The molecule has 0 aliphatic heterocycles. The van der Waals surface area contributed by atoms with Gasteiger partial charge in [-0.3, -0.25) is 0 Å². The smallest absolute Gasteiger partial charge is 0.119 e. The maximum absolute atomic E-state index is 5.60. The summed E-state index contributed by atoms with van der Waals surface area (Å²) >= 11 is 0. The highest BCUT2D eigenvalue weighted by Crippen LogP contribution is 2.11. The van der Waals surface area contributed by atoms with Gasteiger partial charge in [-0.15, -0.1) is 0 Å². The predicted octanol–water partition coefficient (Wildman–Crippen LogP) is 2.47. The van der Waals surface area contributed by atoms with Crippen LogP contribution in [0.3, 0.4) is 0 Å². The second-order valence-corrected chi connectivity index (χ2v) is 5.10. The SMILES string of the molecule is CNCc1ccc(OCCOCCOCC(C)C)cc1. The zero-order valence-electron chi connectivity index (χ0n) is 12.9. The van der Waals surface area contributed by atoms with Crippen molar-refractivity contribution in [3.05, 3.63) is 29.8 Å². The van der Waals surface area contributed by atoms with Gasteiger partial charge in [-0.2, -0.15) is 0 Å². The van der Waals surface area contributed by atoms with E-state index in [1.807, 2.05) is 19.2 Å². The molecule has 0 aromatic heterocycles. The summed E-state index contributed by atoms with van der Waals surface area (Å²) in [5, 5.41) is 3.11. The van der Waals surface area contributed by atoms with Crippen LogP contribution in [0.4, 0.5) is 0 Å². The van der Waals surface area contributed by atoms with Gasteiger partial charge in [-0.05, 0) is 30.7 Å². The average molecular weight is 281 g/mol. The lowest BCUT2D eigenvalue weighted by molar-refractivity contribution is 0.0282. The van der Waals surface area contributed by atoms with Crippen molar-refractivity contribution in [1.82, 2.24) is 5.32 Å². The standard InChI is InChI=1S/C16H27NO3/c1-14(2)13-19-9-8-18-10-11-20-16-6-4-15(5-7-16)12-17-3/h4-7,14,17H,8-13H2,1-3H3. The monoisotopic (exact) mass is 281 g/mol. The van der Waals surface area contributed by atoms with Crippen molar-refractivity contribution < 1.29 is 14.2 Å². The van der Waals surface area contributed by atoms with Crippen molar-refractivity contribution in [3.8, 4) is 5.75 Å². The summed E-state index contributed by atoms with van der Waals surface area (Å²) < 4.78 is 16.5. The predicted molar refractivity (Wildman–Crippen MR) is 81.2 cm³/mol. The molecular weight excluding hydrogens is 254 g/mol. The topological polar surface area (TPSA) is 39.7 Å². The Bertz CT molecular complexity index is 338. The van der Waals surface area contributed by atoms with Crippen LogP contribution in [0.2, 0.25) is 0 Å². The summed E-state index contributed by atoms with van der Waals surface area (Å²) in [5.41, 5.74) is 1.25. The first-order chi connectivity index (χ1) is 9.72. The van der Waals surface area contributed by atoms with Crippen LogP contribution in [0.1, 0.15) is 19.4 Å². The van der Waals surface area contributed by atoms with E-state index in [0.717, 1.165) is 18.9 Å². The van der Waals surface area contributed by atoms with Crippen LogP contribution in [0.25, 0.3) is 0 Å². The molecule has 0 saturated heterocycles. The molecule has 0 radical (unpaired) electrons. The van der Waals surface area contributed by atoms with Gasteiger partial charge >= 0.3 is 0 Å². The quantitative estimate of drug-likeness (QED) is 0.633. The van der Waals surface area contributed by atoms with Gasteiger partial charge in [0, 0.05) is 13.2 Å². The molecule has 0 aliphatic rings. The molecular formula is C16H27NO3. The fourth-order valence-corrected chi connectivity index (χ4v) is 1.67. The largest absolute Gasteiger partial charge is 0.491 e. The molecule has 0 unspecified atom stereocenters. The average Bonchev–Trinajstić information content (AvgIpc) is 2.43.